The van der Waals surface area contributed by atoms with Gasteiger partial charge in [0.25, 0.3) is 0 Å². The van der Waals surface area contributed by atoms with Gasteiger partial charge in [-0.15, -0.1) is 0 Å². The number of ketones is 1. The second-order valence-electron chi connectivity index (χ2n) is 3.36. The van der Waals surface area contributed by atoms with Crippen LogP contribution in [0, 0.1) is 0 Å². The van der Waals surface area contributed by atoms with E-state index in [1.165, 1.54) is 0 Å². The van der Waals surface area contributed by atoms with Crippen molar-refractivity contribution in [3.05, 3.63) is 0 Å². The molecule has 13 heavy (non-hydrogen) atoms. The van der Waals surface area contributed by atoms with Gasteiger partial charge < -0.3 is 10.4 Å². The van der Waals surface area contributed by atoms with E-state index in [1.54, 1.807) is 0 Å². The van der Waals surface area contributed by atoms with Gasteiger partial charge in [0.1, 0.15) is 5.78 Å². The lowest BCUT2D eigenvalue weighted by atomic mass is 10.1. The molecule has 1 atom stereocenters. The molecule has 2 N–H and O–H groups in total. The predicted molar refractivity (Wildman–Crippen MR) is 47.5 cm³/mol. The Hall–Kier alpha value is -0.900. The molecule has 1 saturated heterocycles. The molecule has 0 spiro atoms. The van der Waals surface area contributed by atoms with Crippen molar-refractivity contribution in [3.63, 3.8) is 0 Å². The van der Waals surface area contributed by atoms with Gasteiger partial charge in [-0.05, 0) is 25.8 Å². The topological polar surface area (TPSA) is 66.4 Å². The minimum Gasteiger partial charge on any atom is -0.481 e. The number of carboxylic acids is 1. The molecule has 0 aliphatic carbocycles. The second kappa shape index (κ2) is 4.97. The highest BCUT2D eigenvalue weighted by Crippen LogP contribution is 2.09. The Balaban J connectivity index is 2.13. The van der Waals surface area contributed by atoms with E-state index in [9.17, 15) is 9.59 Å². The summed E-state index contributed by atoms with van der Waals surface area (Å²) < 4.78 is 0. The Morgan fingerprint density at radius 2 is 2.15 bits per heavy atom. The zero-order valence-corrected chi connectivity index (χ0v) is 7.58. The number of nitrogens with one attached hydrogen (secondary N) is 1. The minimum atomic E-state index is -0.827. The Kier molecular flexibility index (Phi) is 3.89. The van der Waals surface area contributed by atoms with E-state index < -0.39 is 5.97 Å². The van der Waals surface area contributed by atoms with Gasteiger partial charge in [-0.1, -0.05) is 0 Å². The van der Waals surface area contributed by atoms with Gasteiger partial charge >= 0.3 is 5.97 Å². The molecular weight excluding hydrogens is 170 g/mol. The molecule has 0 bridgehead atoms. The van der Waals surface area contributed by atoms with E-state index in [0.29, 0.717) is 12.8 Å². The van der Waals surface area contributed by atoms with Gasteiger partial charge in [-0.2, -0.15) is 0 Å². The van der Waals surface area contributed by atoms with Crippen molar-refractivity contribution in [1.29, 1.82) is 0 Å². The number of carboxylic acid groups (broad SMARTS) is 1. The Labute approximate surface area is 77.3 Å². The fourth-order valence-corrected chi connectivity index (χ4v) is 1.55. The van der Waals surface area contributed by atoms with Gasteiger partial charge in [0.05, 0.1) is 6.04 Å². The molecule has 0 aromatic carbocycles. The van der Waals surface area contributed by atoms with Crippen LogP contribution in [-0.4, -0.2) is 29.4 Å². The van der Waals surface area contributed by atoms with E-state index in [1.807, 2.05) is 0 Å². The van der Waals surface area contributed by atoms with Gasteiger partial charge in [0, 0.05) is 12.8 Å². The first kappa shape index (κ1) is 10.2. The molecule has 1 fully saturated rings. The van der Waals surface area contributed by atoms with Gasteiger partial charge in [-0.3, -0.25) is 9.59 Å². The summed E-state index contributed by atoms with van der Waals surface area (Å²) in [7, 11) is 0. The third kappa shape index (κ3) is 3.55. The van der Waals surface area contributed by atoms with E-state index in [0.717, 1.165) is 19.4 Å². The highest BCUT2D eigenvalue weighted by Gasteiger charge is 2.21. The van der Waals surface area contributed by atoms with Gasteiger partial charge in [-0.25, -0.2) is 0 Å². The summed E-state index contributed by atoms with van der Waals surface area (Å²) in [5, 5.41) is 11.5. The van der Waals surface area contributed by atoms with E-state index in [-0.39, 0.29) is 18.2 Å². The van der Waals surface area contributed by atoms with Crippen molar-refractivity contribution in [2.75, 3.05) is 6.54 Å². The van der Waals surface area contributed by atoms with Crippen LogP contribution in [0.15, 0.2) is 0 Å². The van der Waals surface area contributed by atoms with Crippen LogP contribution in [0.3, 0.4) is 0 Å². The molecular formula is C9H15NO3. The van der Waals surface area contributed by atoms with Crippen molar-refractivity contribution >= 4 is 11.8 Å². The number of aliphatic carboxylic acids is 1. The minimum absolute atomic E-state index is 0.00575. The number of hydrogen-bond donors (Lipinski definition) is 2. The fourth-order valence-electron chi connectivity index (χ4n) is 1.55. The van der Waals surface area contributed by atoms with Crippen molar-refractivity contribution in [1.82, 2.24) is 5.32 Å². The normalized spacial score (nSPS) is 21.7. The average Bonchev–Trinajstić information content (AvgIpc) is 2.55. The highest BCUT2D eigenvalue weighted by molar-refractivity contribution is 5.84. The summed E-state index contributed by atoms with van der Waals surface area (Å²) >= 11 is 0. The van der Waals surface area contributed by atoms with E-state index in [4.69, 9.17) is 5.11 Å². The van der Waals surface area contributed by atoms with Crippen molar-refractivity contribution in [2.45, 2.75) is 38.1 Å². The van der Waals surface area contributed by atoms with Crippen LogP contribution in [0.4, 0.5) is 0 Å². The van der Waals surface area contributed by atoms with Crippen LogP contribution in [-0.2, 0) is 9.59 Å². The molecule has 0 saturated carbocycles. The van der Waals surface area contributed by atoms with Crippen LogP contribution in [0.2, 0.25) is 0 Å². The van der Waals surface area contributed by atoms with Crippen LogP contribution >= 0.6 is 0 Å². The van der Waals surface area contributed by atoms with Gasteiger partial charge in [0.15, 0.2) is 0 Å². The molecule has 1 aliphatic heterocycles. The number of rotatable bonds is 5. The molecule has 0 aromatic rings. The summed E-state index contributed by atoms with van der Waals surface area (Å²) in [6.07, 6.45) is 2.91. The molecule has 0 radical (unpaired) electrons. The van der Waals surface area contributed by atoms with Crippen molar-refractivity contribution in [2.24, 2.45) is 0 Å². The molecule has 0 amide bonds. The molecule has 1 aliphatic rings. The number of hydrogen-bond acceptors (Lipinski definition) is 3. The zero-order chi connectivity index (χ0) is 9.68. The summed E-state index contributed by atoms with van der Waals surface area (Å²) in [5.74, 6) is -0.661. The van der Waals surface area contributed by atoms with E-state index in [2.05, 4.69) is 5.32 Å². The first-order valence-corrected chi connectivity index (χ1v) is 4.68. The maximum atomic E-state index is 11.4. The Morgan fingerprint density at radius 3 is 2.69 bits per heavy atom. The predicted octanol–water partition coefficient (Wildman–Crippen LogP) is 0.562. The first-order valence-electron chi connectivity index (χ1n) is 4.68. The molecule has 4 nitrogen and oxygen atoms in total. The highest BCUT2D eigenvalue weighted by atomic mass is 16.4. The van der Waals surface area contributed by atoms with Gasteiger partial charge in [0.2, 0.25) is 0 Å². The summed E-state index contributed by atoms with van der Waals surface area (Å²) in [4.78, 5) is 21.5. The lowest BCUT2D eigenvalue weighted by molar-refractivity contribution is -0.137. The lowest BCUT2D eigenvalue weighted by Gasteiger charge is -2.07. The number of carbonyl (C=O) groups is 2. The monoisotopic (exact) mass is 185 g/mol. The molecule has 4 heteroatoms. The largest absolute Gasteiger partial charge is 0.481 e. The molecule has 1 heterocycles. The zero-order valence-electron chi connectivity index (χ0n) is 7.58. The van der Waals surface area contributed by atoms with E-state index >= 15 is 0 Å². The number of carbonyl (C=O) groups excluding carboxylic acids is 1. The molecule has 0 aromatic heterocycles. The Bertz CT molecular complexity index is 197. The third-order valence-corrected chi connectivity index (χ3v) is 2.26. The average molecular weight is 185 g/mol. The van der Waals surface area contributed by atoms with Crippen LogP contribution in [0.25, 0.3) is 0 Å². The van der Waals surface area contributed by atoms with Crippen molar-refractivity contribution < 1.29 is 14.7 Å². The molecule has 74 valence electrons. The standard InChI is InChI=1S/C9H15NO3/c11-8(4-1-5-9(12)13)7-3-2-6-10-7/h7,10H,1-6H2,(H,12,13). The number of Topliss-reactive ketones (excluding diaryl/α,β-unsaturated/α-hetero) is 1. The maximum Gasteiger partial charge on any atom is 0.303 e. The smallest absolute Gasteiger partial charge is 0.303 e. The second-order valence-corrected chi connectivity index (χ2v) is 3.36. The van der Waals surface area contributed by atoms with Crippen LogP contribution < -0.4 is 5.32 Å². The quantitative estimate of drug-likeness (QED) is 0.657. The first-order chi connectivity index (χ1) is 6.20. The summed E-state index contributed by atoms with van der Waals surface area (Å²) in [6, 6.07) is -0.00575. The SMILES string of the molecule is O=C(O)CCCC(=O)C1CCCN1. The molecule has 1 rings (SSSR count). The van der Waals surface area contributed by atoms with Crippen LogP contribution in [0.1, 0.15) is 32.1 Å². The fraction of sp³-hybridized carbons (Fsp3) is 0.778. The summed E-state index contributed by atoms with van der Waals surface area (Å²) in [5.41, 5.74) is 0. The van der Waals surface area contributed by atoms with Crippen LogP contribution in [0.5, 0.6) is 0 Å². The third-order valence-electron chi connectivity index (χ3n) is 2.26. The summed E-state index contributed by atoms with van der Waals surface area (Å²) in [6.45, 7) is 0.912. The van der Waals surface area contributed by atoms with Crippen molar-refractivity contribution in [3.8, 4) is 0 Å². The Morgan fingerprint density at radius 1 is 1.38 bits per heavy atom. The lowest BCUT2D eigenvalue weighted by Crippen LogP contribution is -2.30. The maximum absolute atomic E-state index is 11.4. The molecule has 1 unspecified atom stereocenters.